The average molecular weight is 262 g/mol. The largest absolute Gasteiger partial charge is 0.302 e. The quantitative estimate of drug-likeness (QED) is 0.754. The van der Waals surface area contributed by atoms with Crippen LogP contribution >= 0.6 is 24.4 Å². The van der Waals surface area contributed by atoms with Gasteiger partial charge in [0.05, 0.1) is 0 Å². The van der Waals surface area contributed by atoms with E-state index in [1.165, 1.54) is 44.6 Å². The van der Waals surface area contributed by atoms with Gasteiger partial charge in [-0.05, 0) is 31.1 Å². The third kappa shape index (κ3) is 5.33. The molecule has 1 unspecified atom stereocenters. The van der Waals surface area contributed by atoms with Crippen molar-refractivity contribution in [1.82, 2.24) is 4.90 Å². The Morgan fingerprint density at radius 1 is 1.38 bits per heavy atom. The van der Waals surface area contributed by atoms with Gasteiger partial charge in [-0.2, -0.15) is 24.4 Å². The van der Waals surface area contributed by atoms with Crippen molar-refractivity contribution in [3.8, 4) is 0 Å². The van der Waals surface area contributed by atoms with Gasteiger partial charge in [-0.15, -0.1) is 0 Å². The number of thiol groups is 1. The summed E-state index contributed by atoms with van der Waals surface area (Å²) in [4.78, 5) is 2.65. The van der Waals surface area contributed by atoms with E-state index in [1.54, 1.807) is 0 Å². The highest BCUT2D eigenvalue weighted by Crippen LogP contribution is 2.31. The van der Waals surface area contributed by atoms with Crippen molar-refractivity contribution >= 4 is 24.4 Å². The molecule has 0 radical (unpaired) electrons. The van der Waals surface area contributed by atoms with Crippen molar-refractivity contribution in [2.24, 2.45) is 5.92 Å². The molecule has 1 saturated heterocycles. The highest BCUT2D eigenvalue weighted by Gasteiger charge is 2.24. The second-order valence-corrected chi connectivity index (χ2v) is 7.66. The predicted molar refractivity (Wildman–Crippen MR) is 79.8 cm³/mol. The zero-order chi connectivity index (χ0) is 12.0. The van der Waals surface area contributed by atoms with Gasteiger partial charge in [0, 0.05) is 23.6 Å². The van der Waals surface area contributed by atoms with Crippen LogP contribution in [0.2, 0.25) is 0 Å². The van der Waals surface area contributed by atoms with Crippen LogP contribution in [-0.4, -0.2) is 40.8 Å². The zero-order valence-corrected chi connectivity index (χ0v) is 12.7. The number of nitrogens with zero attached hydrogens (tertiary/aromatic N) is 1. The predicted octanol–water partition coefficient (Wildman–Crippen LogP) is 3.55. The van der Waals surface area contributed by atoms with Gasteiger partial charge in [-0.1, -0.05) is 27.2 Å². The van der Waals surface area contributed by atoms with Crippen LogP contribution in [0.1, 0.15) is 40.0 Å². The van der Waals surface area contributed by atoms with Crippen molar-refractivity contribution in [1.29, 1.82) is 0 Å². The lowest BCUT2D eigenvalue weighted by Crippen LogP contribution is -2.33. The average Bonchev–Trinajstić information content (AvgIpc) is 2.40. The van der Waals surface area contributed by atoms with Gasteiger partial charge < -0.3 is 4.90 Å². The first-order valence-corrected chi connectivity index (χ1v) is 8.16. The fourth-order valence-electron chi connectivity index (χ4n) is 2.26. The van der Waals surface area contributed by atoms with Crippen LogP contribution < -0.4 is 0 Å². The van der Waals surface area contributed by atoms with E-state index in [9.17, 15) is 0 Å². The summed E-state index contributed by atoms with van der Waals surface area (Å²) in [5.74, 6) is 3.12. The van der Waals surface area contributed by atoms with Crippen LogP contribution in [-0.2, 0) is 0 Å². The molecular weight excluding hydrogens is 234 g/mol. The zero-order valence-electron chi connectivity index (χ0n) is 11.0. The lowest BCUT2D eigenvalue weighted by Gasteiger charge is -2.26. The van der Waals surface area contributed by atoms with Gasteiger partial charge in [-0.3, -0.25) is 0 Å². The Morgan fingerprint density at radius 2 is 2.12 bits per heavy atom. The van der Waals surface area contributed by atoms with Crippen LogP contribution in [0.3, 0.4) is 0 Å². The highest BCUT2D eigenvalue weighted by atomic mass is 32.2. The maximum atomic E-state index is 4.48. The van der Waals surface area contributed by atoms with Crippen LogP contribution in [0.5, 0.6) is 0 Å². The number of hydrogen-bond acceptors (Lipinski definition) is 3. The third-order valence-corrected chi connectivity index (χ3v) is 5.29. The fraction of sp³-hybridized carbons (Fsp3) is 1.00. The minimum Gasteiger partial charge on any atom is -0.302 e. The number of rotatable bonds is 5. The molecule has 1 heterocycles. The first kappa shape index (κ1) is 14.7. The van der Waals surface area contributed by atoms with E-state index < -0.39 is 0 Å². The van der Waals surface area contributed by atoms with Crippen LogP contribution in [0, 0.1) is 5.92 Å². The molecule has 16 heavy (non-hydrogen) atoms. The summed E-state index contributed by atoms with van der Waals surface area (Å²) in [6.07, 6.45) is 3.94. The summed E-state index contributed by atoms with van der Waals surface area (Å²) in [5, 5.41) is 0. The van der Waals surface area contributed by atoms with E-state index in [2.05, 4.69) is 50.1 Å². The second-order valence-electron chi connectivity index (χ2n) is 5.50. The Hall–Kier alpha value is 0.660. The third-order valence-electron chi connectivity index (χ3n) is 3.40. The van der Waals surface area contributed by atoms with E-state index in [4.69, 9.17) is 0 Å². The van der Waals surface area contributed by atoms with E-state index in [-0.39, 0.29) is 0 Å². The molecule has 1 atom stereocenters. The normalized spacial score (nSPS) is 24.0. The van der Waals surface area contributed by atoms with Crippen LogP contribution in [0.4, 0.5) is 0 Å². The SMILES string of the molecule is CCCC(CS)CN1CCSC(C)(C)CC1. The maximum Gasteiger partial charge on any atom is 0.0116 e. The molecule has 1 aliphatic rings. The monoisotopic (exact) mass is 261 g/mol. The van der Waals surface area contributed by atoms with E-state index in [1.807, 2.05) is 0 Å². The molecule has 96 valence electrons. The van der Waals surface area contributed by atoms with Crippen LogP contribution in [0.25, 0.3) is 0 Å². The molecule has 1 rings (SSSR count). The van der Waals surface area contributed by atoms with Crippen LogP contribution in [0.15, 0.2) is 0 Å². The van der Waals surface area contributed by atoms with Gasteiger partial charge in [0.25, 0.3) is 0 Å². The van der Waals surface area contributed by atoms with Gasteiger partial charge in [0.1, 0.15) is 0 Å². The standard InChI is InChI=1S/C13H27NS2/c1-4-5-12(11-15)10-14-7-6-13(2,3)16-9-8-14/h12,15H,4-11H2,1-3H3. The lowest BCUT2D eigenvalue weighted by molar-refractivity contribution is 0.242. The van der Waals surface area contributed by atoms with E-state index >= 15 is 0 Å². The molecule has 0 aromatic carbocycles. The Bertz CT molecular complexity index is 194. The molecule has 0 saturated carbocycles. The Balaban J connectivity index is 2.36. The van der Waals surface area contributed by atoms with Crippen molar-refractivity contribution in [2.75, 3.05) is 31.1 Å². The summed E-state index contributed by atoms with van der Waals surface area (Å²) < 4.78 is 0.482. The number of hydrogen-bond donors (Lipinski definition) is 1. The molecule has 1 fully saturated rings. The maximum absolute atomic E-state index is 4.48. The molecule has 0 spiro atoms. The lowest BCUT2D eigenvalue weighted by atomic mass is 10.0. The van der Waals surface area contributed by atoms with E-state index in [0.29, 0.717) is 4.75 Å². The summed E-state index contributed by atoms with van der Waals surface area (Å²) in [6, 6.07) is 0. The number of thioether (sulfide) groups is 1. The summed E-state index contributed by atoms with van der Waals surface area (Å²) in [6.45, 7) is 10.8. The Morgan fingerprint density at radius 3 is 2.75 bits per heavy atom. The first-order chi connectivity index (χ1) is 7.57. The van der Waals surface area contributed by atoms with E-state index in [0.717, 1.165) is 11.7 Å². The second kappa shape index (κ2) is 7.17. The Labute approximate surface area is 111 Å². The summed E-state index contributed by atoms with van der Waals surface area (Å²) in [5.41, 5.74) is 0. The molecular formula is C13H27NS2. The van der Waals surface area contributed by atoms with Crippen molar-refractivity contribution < 1.29 is 0 Å². The molecule has 0 bridgehead atoms. The molecule has 0 amide bonds. The van der Waals surface area contributed by atoms with Gasteiger partial charge >= 0.3 is 0 Å². The minimum absolute atomic E-state index is 0.482. The summed E-state index contributed by atoms with van der Waals surface area (Å²) in [7, 11) is 0. The minimum atomic E-state index is 0.482. The fourth-order valence-corrected chi connectivity index (χ4v) is 3.69. The summed E-state index contributed by atoms with van der Waals surface area (Å²) >= 11 is 6.61. The van der Waals surface area contributed by atoms with Gasteiger partial charge in [0.15, 0.2) is 0 Å². The van der Waals surface area contributed by atoms with Crippen molar-refractivity contribution in [2.45, 2.75) is 44.8 Å². The first-order valence-electron chi connectivity index (χ1n) is 6.54. The van der Waals surface area contributed by atoms with Crippen molar-refractivity contribution in [3.05, 3.63) is 0 Å². The molecule has 1 nitrogen and oxygen atoms in total. The molecule has 3 heteroatoms. The molecule has 0 N–H and O–H groups in total. The molecule has 0 aromatic rings. The van der Waals surface area contributed by atoms with Gasteiger partial charge in [-0.25, -0.2) is 0 Å². The molecule has 0 aromatic heterocycles. The molecule has 1 aliphatic heterocycles. The highest BCUT2D eigenvalue weighted by molar-refractivity contribution is 8.00. The van der Waals surface area contributed by atoms with Gasteiger partial charge in [0.2, 0.25) is 0 Å². The smallest absolute Gasteiger partial charge is 0.0116 e. The molecule has 0 aliphatic carbocycles. The topological polar surface area (TPSA) is 3.24 Å². The van der Waals surface area contributed by atoms with Crippen molar-refractivity contribution in [3.63, 3.8) is 0 Å². The Kier molecular flexibility index (Phi) is 6.60.